The summed E-state index contributed by atoms with van der Waals surface area (Å²) in [5.41, 5.74) is 2.68. The SMILES string of the molecule is COc1ccc(-c2cn(-c3ccccc3)c(NC(=O)CN(CC(C)C)C(=O)c3ccc(F)cc3)n2)cc1. The number of carbonyl (C=O) groups excluding carboxylic acids is 2. The van der Waals surface area contributed by atoms with Crippen LogP contribution in [0.25, 0.3) is 16.9 Å². The summed E-state index contributed by atoms with van der Waals surface area (Å²) in [6.07, 6.45) is 1.85. The minimum atomic E-state index is -0.426. The molecule has 7 nitrogen and oxygen atoms in total. The van der Waals surface area contributed by atoms with E-state index in [-0.39, 0.29) is 24.3 Å². The van der Waals surface area contributed by atoms with Crippen LogP contribution in [0.15, 0.2) is 85.1 Å². The van der Waals surface area contributed by atoms with Crippen molar-refractivity contribution < 1.29 is 18.7 Å². The van der Waals surface area contributed by atoms with Crippen molar-refractivity contribution in [1.29, 1.82) is 0 Å². The summed E-state index contributed by atoms with van der Waals surface area (Å²) in [7, 11) is 1.61. The second-order valence-electron chi connectivity index (χ2n) is 9.02. The normalized spacial score (nSPS) is 10.8. The van der Waals surface area contributed by atoms with E-state index in [0.717, 1.165) is 17.0 Å². The number of para-hydroxylation sites is 1. The summed E-state index contributed by atoms with van der Waals surface area (Å²) in [5.74, 6) is 0.0428. The van der Waals surface area contributed by atoms with Gasteiger partial charge in [0, 0.05) is 29.6 Å². The standard InChI is InChI=1S/C29H29FN4O3/c1-20(2)17-33(28(36)22-9-13-23(30)14-10-22)19-27(35)32-29-31-26(21-11-15-25(37-3)16-12-21)18-34(29)24-7-5-4-6-8-24/h4-16,18,20H,17,19H2,1-3H3,(H,31,32,35). The smallest absolute Gasteiger partial charge is 0.254 e. The lowest BCUT2D eigenvalue weighted by atomic mass is 10.1. The number of hydrogen-bond acceptors (Lipinski definition) is 4. The molecule has 37 heavy (non-hydrogen) atoms. The van der Waals surface area contributed by atoms with Crippen LogP contribution in [0.3, 0.4) is 0 Å². The molecular formula is C29H29FN4O3. The Morgan fingerprint density at radius 1 is 1.00 bits per heavy atom. The van der Waals surface area contributed by atoms with Gasteiger partial charge in [-0.3, -0.25) is 19.5 Å². The van der Waals surface area contributed by atoms with Gasteiger partial charge in [-0.25, -0.2) is 9.37 Å². The van der Waals surface area contributed by atoms with E-state index >= 15 is 0 Å². The Morgan fingerprint density at radius 3 is 2.30 bits per heavy atom. The van der Waals surface area contributed by atoms with Crippen LogP contribution in [0.1, 0.15) is 24.2 Å². The molecule has 3 aromatic carbocycles. The average Bonchev–Trinajstić information content (AvgIpc) is 3.32. The van der Waals surface area contributed by atoms with Gasteiger partial charge in [0.25, 0.3) is 5.91 Å². The number of carbonyl (C=O) groups is 2. The number of rotatable bonds is 9. The Balaban J connectivity index is 1.60. The quantitative estimate of drug-likeness (QED) is 0.333. The zero-order valence-electron chi connectivity index (χ0n) is 21.0. The fourth-order valence-electron chi connectivity index (χ4n) is 3.93. The molecule has 0 fully saturated rings. The third-order valence-corrected chi connectivity index (χ3v) is 5.68. The fourth-order valence-corrected chi connectivity index (χ4v) is 3.93. The fraction of sp³-hybridized carbons (Fsp3) is 0.207. The van der Waals surface area contributed by atoms with Gasteiger partial charge in [0.2, 0.25) is 11.9 Å². The van der Waals surface area contributed by atoms with Crippen LogP contribution in [0.5, 0.6) is 5.75 Å². The molecule has 0 aliphatic carbocycles. The molecule has 0 spiro atoms. The average molecular weight is 501 g/mol. The molecule has 8 heteroatoms. The molecule has 0 bridgehead atoms. The highest BCUT2D eigenvalue weighted by molar-refractivity contribution is 5.99. The van der Waals surface area contributed by atoms with Gasteiger partial charge in [-0.05, 0) is 66.6 Å². The molecule has 2 amide bonds. The Labute approximate surface area is 215 Å². The number of methoxy groups -OCH3 is 1. The minimum Gasteiger partial charge on any atom is -0.497 e. The van der Waals surface area contributed by atoms with Crippen LogP contribution in [0, 0.1) is 11.7 Å². The maximum Gasteiger partial charge on any atom is 0.254 e. The Hall–Kier alpha value is -4.46. The lowest BCUT2D eigenvalue weighted by Gasteiger charge is -2.24. The van der Waals surface area contributed by atoms with Gasteiger partial charge in [-0.1, -0.05) is 32.0 Å². The van der Waals surface area contributed by atoms with Gasteiger partial charge < -0.3 is 9.64 Å². The van der Waals surface area contributed by atoms with E-state index in [4.69, 9.17) is 4.74 Å². The summed E-state index contributed by atoms with van der Waals surface area (Å²) in [6.45, 7) is 4.12. The first kappa shape index (κ1) is 25.6. The van der Waals surface area contributed by atoms with Gasteiger partial charge in [0.15, 0.2) is 0 Å². The molecule has 4 aromatic rings. The predicted octanol–water partition coefficient (Wildman–Crippen LogP) is 5.42. The summed E-state index contributed by atoms with van der Waals surface area (Å²) < 4.78 is 20.4. The number of imidazole rings is 1. The van der Waals surface area contributed by atoms with E-state index in [0.29, 0.717) is 23.8 Å². The van der Waals surface area contributed by atoms with Crippen LogP contribution in [-0.2, 0) is 4.79 Å². The zero-order valence-corrected chi connectivity index (χ0v) is 21.0. The lowest BCUT2D eigenvalue weighted by Crippen LogP contribution is -2.40. The van der Waals surface area contributed by atoms with Crippen molar-refractivity contribution in [1.82, 2.24) is 14.5 Å². The van der Waals surface area contributed by atoms with Crippen LogP contribution in [0.4, 0.5) is 10.3 Å². The van der Waals surface area contributed by atoms with Crippen molar-refractivity contribution in [3.63, 3.8) is 0 Å². The molecule has 0 radical (unpaired) electrons. The maximum absolute atomic E-state index is 13.3. The Morgan fingerprint density at radius 2 is 1.68 bits per heavy atom. The molecule has 0 saturated carbocycles. The van der Waals surface area contributed by atoms with Crippen molar-refractivity contribution in [3.05, 3.63) is 96.4 Å². The molecule has 4 rings (SSSR count). The topological polar surface area (TPSA) is 76.5 Å². The number of anilines is 1. The number of aromatic nitrogens is 2. The number of halogens is 1. The van der Waals surface area contributed by atoms with Crippen molar-refractivity contribution >= 4 is 17.8 Å². The van der Waals surface area contributed by atoms with E-state index in [1.165, 1.54) is 29.2 Å². The van der Waals surface area contributed by atoms with Gasteiger partial charge in [0.1, 0.15) is 18.1 Å². The molecule has 190 valence electrons. The Bertz CT molecular complexity index is 1350. The highest BCUT2D eigenvalue weighted by atomic mass is 19.1. The number of benzene rings is 3. The van der Waals surface area contributed by atoms with Crippen LogP contribution < -0.4 is 10.1 Å². The van der Waals surface area contributed by atoms with Crippen molar-refractivity contribution in [2.24, 2.45) is 5.92 Å². The largest absolute Gasteiger partial charge is 0.497 e. The summed E-state index contributed by atoms with van der Waals surface area (Å²) in [6, 6.07) is 22.3. The molecule has 1 heterocycles. The van der Waals surface area contributed by atoms with Crippen molar-refractivity contribution in [3.8, 4) is 22.7 Å². The van der Waals surface area contributed by atoms with E-state index < -0.39 is 5.82 Å². The molecule has 0 saturated heterocycles. The van der Waals surface area contributed by atoms with Gasteiger partial charge in [-0.15, -0.1) is 0 Å². The number of ether oxygens (including phenoxy) is 1. The van der Waals surface area contributed by atoms with Crippen LogP contribution >= 0.6 is 0 Å². The lowest BCUT2D eigenvalue weighted by molar-refractivity contribution is -0.117. The predicted molar refractivity (Wildman–Crippen MR) is 141 cm³/mol. The molecule has 0 unspecified atom stereocenters. The van der Waals surface area contributed by atoms with E-state index in [2.05, 4.69) is 10.3 Å². The maximum atomic E-state index is 13.3. The molecule has 1 N–H and O–H groups in total. The summed E-state index contributed by atoms with van der Waals surface area (Å²) in [5, 5.41) is 2.88. The van der Waals surface area contributed by atoms with Gasteiger partial charge in [-0.2, -0.15) is 0 Å². The molecule has 1 aromatic heterocycles. The molecular weight excluding hydrogens is 471 g/mol. The summed E-state index contributed by atoms with van der Waals surface area (Å²) >= 11 is 0. The van der Waals surface area contributed by atoms with E-state index in [1.54, 1.807) is 11.7 Å². The monoisotopic (exact) mass is 500 g/mol. The van der Waals surface area contributed by atoms with E-state index in [9.17, 15) is 14.0 Å². The number of nitrogens with one attached hydrogen (secondary N) is 1. The third-order valence-electron chi connectivity index (χ3n) is 5.68. The molecule has 0 aliphatic heterocycles. The zero-order chi connectivity index (χ0) is 26.4. The third kappa shape index (κ3) is 6.41. The first-order chi connectivity index (χ1) is 17.8. The van der Waals surface area contributed by atoms with E-state index in [1.807, 2.05) is 74.6 Å². The van der Waals surface area contributed by atoms with Gasteiger partial charge in [0.05, 0.1) is 12.8 Å². The van der Waals surface area contributed by atoms with Crippen molar-refractivity contribution in [2.45, 2.75) is 13.8 Å². The number of nitrogens with zero attached hydrogens (tertiary/aromatic N) is 3. The van der Waals surface area contributed by atoms with Gasteiger partial charge >= 0.3 is 0 Å². The highest BCUT2D eigenvalue weighted by Gasteiger charge is 2.22. The van der Waals surface area contributed by atoms with Crippen LogP contribution in [-0.4, -0.2) is 46.5 Å². The van der Waals surface area contributed by atoms with Crippen molar-refractivity contribution in [2.75, 3.05) is 25.5 Å². The second kappa shape index (κ2) is 11.5. The molecule has 0 atom stereocenters. The summed E-state index contributed by atoms with van der Waals surface area (Å²) in [4.78, 5) is 32.4. The second-order valence-corrected chi connectivity index (χ2v) is 9.02. The molecule has 0 aliphatic rings. The minimum absolute atomic E-state index is 0.130. The number of hydrogen-bond donors (Lipinski definition) is 1. The van der Waals surface area contributed by atoms with Crippen LogP contribution in [0.2, 0.25) is 0 Å². The Kier molecular flexibility index (Phi) is 7.98. The first-order valence-electron chi connectivity index (χ1n) is 12.0. The first-order valence-corrected chi connectivity index (χ1v) is 12.0. The highest BCUT2D eigenvalue weighted by Crippen LogP contribution is 2.26. The number of amides is 2.